The summed E-state index contributed by atoms with van der Waals surface area (Å²) in [5, 5.41) is 6.71. The van der Waals surface area contributed by atoms with E-state index in [1.807, 2.05) is 27.1 Å². The van der Waals surface area contributed by atoms with E-state index in [4.69, 9.17) is 24.7 Å². The van der Waals surface area contributed by atoms with Gasteiger partial charge in [0.25, 0.3) is 0 Å². The molecule has 0 aliphatic carbocycles. The molecule has 12 heteroatoms. The molecule has 0 saturated heterocycles. The highest BCUT2D eigenvalue weighted by atomic mass is 16.6. The van der Waals surface area contributed by atoms with Gasteiger partial charge < -0.3 is 44.4 Å². The van der Waals surface area contributed by atoms with Crippen LogP contribution in [0.3, 0.4) is 0 Å². The Morgan fingerprint density at radius 3 is 2.33 bits per heavy atom. The zero-order valence-corrected chi connectivity index (χ0v) is 25.8. The molecular weight excluding hydrogens is 552 g/mol. The van der Waals surface area contributed by atoms with E-state index in [1.165, 1.54) is 5.39 Å². The number of unbranched alkanes of at least 4 members (excludes halogenated alkanes) is 1. The average Bonchev–Trinajstić information content (AvgIpc) is 3.59. The minimum Gasteiger partial charge on any atom is -0.444 e. The summed E-state index contributed by atoms with van der Waals surface area (Å²) < 4.78 is 25.8. The molecule has 1 aromatic carbocycles. The van der Waals surface area contributed by atoms with Crippen LogP contribution in [0.5, 0.6) is 0 Å². The van der Waals surface area contributed by atoms with Gasteiger partial charge in [0.1, 0.15) is 5.60 Å². The molecule has 43 heavy (non-hydrogen) atoms. The van der Waals surface area contributed by atoms with Crippen LogP contribution in [0.4, 0.5) is 4.79 Å². The number of nitrogens with zero attached hydrogens (tertiary/aromatic N) is 3. The molecule has 0 bridgehead atoms. The van der Waals surface area contributed by atoms with Gasteiger partial charge in [-0.15, -0.1) is 0 Å². The van der Waals surface area contributed by atoms with Crippen LogP contribution in [-0.4, -0.2) is 84.5 Å². The summed E-state index contributed by atoms with van der Waals surface area (Å²) >= 11 is 0. The van der Waals surface area contributed by atoms with Crippen LogP contribution >= 0.6 is 0 Å². The summed E-state index contributed by atoms with van der Waals surface area (Å²) in [6.07, 6.45) is 7.73. The number of nitrogens with two attached hydrogens (primary N) is 1. The summed E-state index contributed by atoms with van der Waals surface area (Å²) in [4.78, 5) is 28.2. The quantitative estimate of drug-likeness (QED) is 0.168. The maximum absolute atomic E-state index is 12.1. The van der Waals surface area contributed by atoms with Crippen LogP contribution in [0, 0.1) is 0 Å². The summed E-state index contributed by atoms with van der Waals surface area (Å²) in [5.74, 6) is 0.0285. The molecule has 0 aliphatic rings. The van der Waals surface area contributed by atoms with E-state index in [9.17, 15) is 9.59 Å². The fourth-order valence-corrected chi connectivity index (χ4v) is 4.29. The van der Waals surface area contributed by atoms with E-state index in [0.717, 1.165) is 36.2 Å². The first-order valence-corrected chi connectivity index (χ1v) is 15.0. The maximum atomic E-state index is 12.1. The monoisotopic (exact) mass is 600 g/mol. The SMILES string of the molecule is CC(C)(C)OC(=O)NCCOCCOCCOCCNC(=O)CCCCn1cnc(Cn2ccc3ccc(CN)cc32)c1. The number of fused-ring (bicyclic) bond motifs is 1. The van der Waals surface area contributed by atoms with Crippen molar-refractivity contribution in [2.24, 2.45) is 5.73 Å². The Kier molecular flexibility index (Phi) is 14.5. The van der Waals surface area contributed by atoms with E-state index in [-0.39, 0.29) is 5.91 Å². The first-order valence-electron chi connectivity index (χ1n) is 15.0. The Labute approximate surface area is 254 Å². The Hall–Kier alpha value is -3.45. The Balaban J connectivity index is 1.13. The van der Waals surface area contributed by atoms with E-state index in [1.54, 1.807) is 0 Å². The largest absolute Gasteiger partial charge is 0.444 e. The van der Waals surface area contributed by atoms with Gasteiger partial charge in [-0.1, -0.05) is 12.1 Å². The number of carbonyl (C=O) groups is 2. The third-order valence-corrected chi connectivity index (χ3v) is 6.39. The number of aromatic nitrogens is 3. The van der Waals surface area contributed by atoms with Crippen molar-refractivity contribution >= 4 is 22.9 Å². The average molecular weight is 601 g/mol. The summed E-state index contributed by atoms with van der Waals surface area (Å²) in [6.45, 7) is 10.9. The summed E-state index contributed by atoms with van der Waals surface area (Å²) in [7, 11) is 0. The molecule has 238 valence electrons. The van der Waals surface area contributed by atoms with Gasteiger partial charge in [0.15, 0.2) is 0 Å². The van der Waals surface area contributed by atoms with Crippen LogP contribution < -0.4 is 16.4 Å². The fraction of sp³-hybridized carbons (Fsp3) is 0.581. The van der Waals surface area contributed by atoms with Crippen molar-refractivity contribution in [2.75, 3.05) is 52.7 Å². The highest BCUT2D eigenvalue weighted by Gasteiger charge is 2.15. The Bertz CT molecular complexity index is 1250. The van der Waals surface area contributed by atoms with Gasteiger partial charge in [-0.05, 0) is 56.7 Å². The van der Waals surface area contributed by atoms with Crippen molar-refractivity contribution in [1.82, 2.24) is 24.8 Å². The predicted octanol–water partition coefficient (Wildman–Crippen LogP) is 3.21. The van der Waals surface area contributed by atoms with Gasteiger partial charge in [0.2, 0.25) is 5.91 Å². The zero-order chi connectivity index (χ0) is 30.9. The van der Waals surface area contributed by atoms with E-state index in [0.29, 0.717) is 72.2 Å². The van der Waals surface area contributed by atoms with Gasteiger partial charge in [-0.2, -0.15) is 0 Å². The van der Waals surface area contributed by atoms with E-state index >= 15 is 0 Å². The van der Waals surface area contributed by atoms with Gasteiger partial charge in [0, 0.05) is 50.5 Å². The van der Waals surface area contributed by atoms with E-state index in [2.05, 4.69) is 61.4 Å². The summed E-state index contributed by atoms with van der Waals surface area (Å²) in [6, 6.07) is 8.41. The van der Waals surface area contributed by atoms with Crippen molar-refractivity contribution in [2.45, 2.75) is 65.3 Å². The minimum atomic E-state index is -0.516. The number of carbonyl (C=O) groups excluding carboxylic acids is 2. The molecule has 12 nitrogen and oxygen atoms in total. The Morgan fingerprint density at radius 2 is 1.63 bits per heavy atom. The zero-order valence-electron chi connectivity index (χ0n) is 25.8. The molecule has 2 aromatic heterocycles. The van der Waals surface area contributed by atoms with Crippen molar-refractivity contribution in [3.63, 3.8) is 0 Å². The van der Waals surface area contributed by atoms with Crippen LogP contribution in [0.25, 0.3) is 10.9 Å². The number of hydrogen-bond donors (Lipinski definition) is 3. The van der Waals surface area contributed by atoms with Crippen molar-refractivity contribution in [3.8, 4) is 0 Å². The number of aryl methyl sites for hydroxylation is 1. The molecule has 0 fully saturated rings. The molecule has 0 unspecified atom stereocenters. The molecule has 3 rings (SSSR count). The molecule has 3 aromatic rings. The van der Waals surface area contributed by atoms with Gasteiger partial charge in [-0.25, -0.2) is 9.78 Å². The molecule has 4 N–H and O–H groups in total. The van der Waals surface area contributed by atoms with Crippen molar-refractivity contribution in [1.29, 1.82) is 0 Å². The number of amides is 2. The van der Waals surface area contributed by atoms with Gasteiger partial charge in [-0.3, -0.25) is 4.79 Å². The second-order valence-corrected chi connectivity index (χ2v) is 11.2. The van der Waals surface area contributed by atoms with Crippen LogP contribution in [-0.2, 0) is 43.4 Å². The Morgan fingerprint density at radius 1 is 0.930 bits per heavy atom. The van der Waals surface area contributed by atoms with Crippen molar-refractivity contribution < 1.29 is 28.5 Å². The van der Waals surface area contributed by atoms with Gasteiger partial charge >= 0.3 is 6.09 Å². The second kappa shape index (κ2) is 18.3. The van der Waals surface area contributed by atoms with Crippen LogP contribution in [0.2, 0.25) is 0 Å². The molecule has 2 heterocycles. The maximum Gasteiger partial charge on any atom is 0.407 e. The lowest BCUT2D eigenvalue weighted by Gasteiger charge is -2.19. The molecule has 2 amide bonds. The minimum absolute atomic E-state index is 0.0285. The molecule has 0 atom stereocenters. The molecule has 0 saturated carbocycles. The number of alkyl carbamates (subject to hydrolysis) is 1. The second-order valence-electron chi connectivity index (χ2n) is 11.2. The third kappa shape index (κ3) is 13.6. The molecule has 0 radical (unpaired) electrons. The van der Waals surface area contributed by atoms with Gasteiger partial charge in [0.05, 0.1) is 58.2 Å². The highest BCUT2D eigenvalue weighted by Crippen LogP contribution is 2.19. The number of nitrogens with one attached hydrogen (secondary N) is 2. The highest BCUT2D eigenvalue weighted by molar-refractivity contribution is 5.81. The summed E-state index contributed by atoms with van der Waals surface area (Å²) in [5.41, 5.74) is 8.56. The number of hydrogen-bond acceptors (Lipinski definition) is 8. The van der Waals surface area contributed by atoms with Crippen molar-refractivity contribution in [3.05, 3.63) is 54.2 Å². The smallest absolute Gasteiger partial charge is 0.407 e. The standard InChI is InChI=1S/C31H48N6O6/c1-31(2,3)43-30(39)34-11-15-41-17-19-42-18-16-40-14-10-33-29(38)6-4-5-12-36-22-27(35-24-36)23-37-13-9-26-8-7-25(21-32)20-28(26)37/h7-9,13,20,22,24H,4-6,10-12,14-19,21,23,32H2,1-3H3,(H,33,38)(H,34,39). The molecular formula is C31H48N6O6. The predicted molar refractivity (Wildman–Crippen MR) is 165 cm³/mol. The van der Waals surface area contributed by atoms with Crippen LogP contribution in [0.1, 0.15) is 51.3 Å². The first kappa shape index (κ1) is 34.0. The number of rotatable bonds is 20. The molecule has 0 spiro atoms. The lowest BCUT2D eigenvalue weighted by Crippen LogP contribution is -2.34. The first-order chi connectivity index (χ1) is 20.7. The topological polar surface area (TPSA) is 144 Å². The number of imidazole rings is 1. The molecule has 0 aliphatic heterocycles. The number of ether oxygens (including phenoxy) is 4. The van der Waals surface area contributed by atoms with Crippen LogP contribution in [0.15, 0.2) is 43.0 Å². The van der Waals surface area contributed by atoms with E-state index < -0.39 is 11.7 Å². The normalized spacial score (nSPS) is 11.6. The lowest BCUT2D eigenvalue weighted by molar-refractivity contribution is -0.121. The third-order valence-electron chi connectivity index (χ3n) is 6.39. The number of benzene rings is 1. The fourth-order valence-electron chi connectivity index (χ4n) is 4.29. The lowest BCUT2D eigenvalue weighted by atomic mass is 10.1.